The van der Waals surface area contributed by atoms with Gasteiger partial charge in [-0.05, 0) is 24.6 Å². The van der Waals surface area contributed by atoms with Crippen molar-refractivity contribution in [3.8, 4) is 5.75 Å². The molecule has 0 saturated carbocycles. The number of hydrogen-bond donors (Lipinski definition) is 1. The van der Waals surface area contributed by atoms with Gasteiger partial charge in [-0.1, -0.05) is 32.9 Å². The zero-order valence-electron chi connectivity index (χ0n) is 14.6. The standard InChI is InChI=1S/C17H24F2N2O3/c1-11(20-15(23)17(2,3)4)14(22)21(5)10-12-6-8-13(9-7-12)24-16(18)19/h6-9,11,16H,10H2,1-5H3,(H,20,23)/t11-/m0/s1. The van der Waals surface area contributed by atoms with Crippen molar-refractivity contribution < 1.29 is 23.1 Å². The van der Waals surface area contributed by atoms with Crippen LogP contribution in [0.4, 0.5) is 8.78 Å². The lowest BCUT2D eigenvalue weighted by molar-refractivity contribution is -0.137. The molecule has 0 radical (unpaired) electrons. The number of likely N-dealkylation sites (N-methyl/N-ethyl adjacent to an activating group) is 1. The summed E-state index contributed by atoms with van der Waals surface area (Å²) < 4.78 is 28.5. The number of carbonyl (C=O) groups is 2. The van der Waals surface area contributed by atoms with Crippen LogP contribution in [-0.4, -0.2) is 36.4 Å². The maximum Gasteiger partial charge on any atom is 0.387 e. The average molecular weight is 342 g/mol. The highest BCUT2D eigenvalue weighted by atomic mass is 19.3. The van der Waals surface area contributed by atoms with Gasteiger partial charge >= 0.3 is 6.61 Å². The van der Waals surface area contributed by atoms with Crippen LogP contribution in [0.15, 0.2) is 24.3 Å². The van der Waals surface area contributed by atoms with Crippen LogP contribution in [0.2, 0.25) is 0 Å². The van der Waals surface area contributed by atoms with Crippen LogP contribution in [0.25, 0.3) is 0 Å². The fourth-order valence-electron chi connectivity index (χ4n) is 1.93. The van der Waals surface area contributed by atoms with Gasteiger partial charge in [-0.25, -0.2) is 0 Å². The van der Waals surface area contributed by atoms with Gasteiger partial charge < -0.3 is 15.0 Å². The van der Waals surface area contributed by atoms with Crippen LogP contribution in [-0.2, 0) is 16.1 Å². The molecule has 24 heavy (non-hydrogen) atoms. The van der Waals surface area contributed by atoms with Crippen molar-refractivity contribution in [2.24, 2.45) is 5.41 Å². The van der Waals surface area contributed by atoms with Crippen molar-refractivity contribution in [1.29, 1.82) is 0 Å². The Hall–Kier alpha value is -2.18. The predicted octanol–water partition coefficient (Wildman–Crippen LogP) is 2.80. The molecule has 0 unspecified atom stereocenters. The minimum Gasteiger partial charge on any atom is -0.435 e. The van der Waals surface area contributed by atoms with Gasteiger partial charge in [-0.15, -0.1) is 0 Å². The van der Waals surface area contributed by atoms with E-state index >= 15 is 0 Å². The molecule has 5 nitrogen and oxygen atoms in total. The first-order valence-corrected chi connectivity index (χ1v) is 7.60. The molecule has 0 aliphatic rings. The number of nitrogens with zero attached hydrogens (tertiary/aromatic N) is 1. The first-order chi connectivity index (χ1) is 11.0. The molecule has 1 atom stereocenters. The molecule has 134 valence electrons. The van der Waals surface area contributed by atoms with Gasteiger partial charge in [0.1, 0.15) is 11.8 Å². The minimum absolute atomic E-state index is 0.0635. The fourth-order valence-corrected chi connectivity index (χ4v) is 1.93. The van der Waals surface area contributed by atoms with E-state index in [1.807, 2.05) is 0 Å². The number of rotatable bonds is 6. The van der Waals surface area contributed by atoms with Crippen LogP contribution in [0.1, 0.15) is 33.3 Å². The molecular formula is C17H24F2N2O3. The van der Waals surface area contributed by atoms with Crippen molar-refractivity contribution in [1.82, 2.24) is 10.2 Å². The third kappa shape index (κ3) is 6.14. The Morgan fingerprint density at radius 3 is 2.21 bits per heavy atom. The first-order valence-electron chi connectivity index (χ1n) is 7.60. The third-order valence-electron chi connectivity index (χ3n) is 3.34. The van der Waals surface area contributed by atoms with E-state index in [1.165, 1.54) is 17.0 Å². The Morgan fingerprint density at radius 2 is 1.75 bits per heavy atom. The molecule has 0 aliphatic heterocycles. The lowest BCUT2D eigenvalue weighted by atomic mass is 9.95. The summed E-state index contributed by atoms with van der Waals surface area (Å²) in [6, 6.07) is 5.41. The summed E-state index contributed by atoms with van der Waals surface area (Å²) in [5.41, 5.74) is 0.190. The van der Waals surface area contributed by atoms with E-state index in [0.717, 1.165) is 5.56 Å². The van der Waals surface area contributed by atoms with Gasteiger partial charge in [0, 0.05) is 19.0 Å². The molecule has 0 heterocycles. The smallest absolute Gasteiger partial charge is 0.387 e. The maximum atomic E-state index is 12.3. The van der Waals surface area contributed by atoms with Crippen LogP contribution in [0, 0.1) is 5.41 Å². The molecule has 0 saturated heterocycles. The highest BCUT2D eigenvalue weighted by Crippen LogP contribution is 2.16. The summed E-state index contributed by atoms with van der Waals surface area (Å²) in [5, 5.41) is 2.68. The lowest BCUT2D eigenvalue weighted by Gasteiger charge is -2.25. The van der Waals surface area contributed by atoms with Crippen LogP contribution < -0.4 is 10.1 Å². The second kappa shape index (κ2) is 8.08. The highest BCUT2D eigenvalue weighted by Gasteiger charge is 2.26. The van der Waals surface area contributed by atoms with Crippen LogP contribution in [0.3, 0.4) is 0 Å². The molecule has 7 heteroatoms. The summed E-state index contributed by atoms with van der Waals surface area (Å²) in [6.45, 7) is 4.36. The fraction of sp³-hybridized carbons (Fsp3) is 0.529. The second-order valence-corrected chi connectivity index (χ2v) is 6.66. The van der Waals surface area contributed by atoms with Gasteiger partial charge in [0.25, 0.3) is 0 Å². The zero-order valence-corrected chi connectivity index (χ0v) is 14.6. The summed E-state index contributed by atoms with van der Waals surface area (Å²) in [7, 11) is 1.62. The second-order valence-electron chi connectivity index (χ2n) is 6.66. The Bertz CT molecular complexity index is 568. The molecule has 1 aromatic rings. The van der Waals surface area contributed by atoms with E-state index < -0.39 is 18.1 Å². The lowest BCUT2D eigenvalue weighted by Crippen LogP contribution is -2.48. The maximum absolute atomic E-state index is 12.3. The van der Waals surface area contributed by atoms with Crippen molar-refractivity contribution in [3.63, 3.8) is 0 Å². The topological polar surface area (TPSA) is 58.6 Å². The minimum atomic E-state index is -2.87. The number of alkyl halides is 2. The Balaban J connectivity index is 2.61. The number of benzene rings is 1. The van der Waals surface area contributed by atoms with Crippen molar-refractivity contribution in [2.75, 3.05) is 7.05 Å². The summed E-state index contributed by atoms with van der Waals surface area (Å²) in [6.07, 6.45) is 0. The van der Waals surface area contributed by atoms with E-state index in [4.69, 9.17) is 0 Å². The zero-order chi connectivity index (χ0) is 18.5. The quantitative estimate of drug-likeness (QED) is 0.865. The monoisotopic (exact) mass is 342 g/mol. The van der Waals surface area contributed by atoms with E-state index in [9.17, 15) is 18.4 Å². The molecule has 0 fully saturated rings. The third-order valence-corrected chi connectivity index (χ3v) is 3.34. The average Bonchev–Trinajstić information content (AvgIpc) is 2.46. The molecule has 1 rings (SSSR count). The largest absolute Gasteiger partial charge is 0.435 e. The van der Waals surface area contributed by atoms with Gasteiger partial charge in [0.05, 0.1) is 0 Å². The van der Waals surface area contributed by atoms with Crippen LogP contribution in [0.5, 0.6) is 5.75 Å². The Morgan fingerprint density at radius 1 is 1.21 bits per heavy atom. The van der Waals surface area contributed by atoms with Gasteiger partial charge in [0.15, 0.2) is 0 Å². The van der Waals surface area contributed by atoms with Crippen molar-refractivity contribution >= 4 is 11.8 Å². The molecule has 0 spiro atoms. The van der Waals surface area contributed by atoms with Crippen LogP contribution >= 0.6 is 0 Å². The van der Waals surface area contributed by atoms with Gasteiger partial charge in [-0.3, -0.25) is 9.59 Å². The summed E-state index contributed by atoms with van der Waals surface area (Å²) in [4.78, 5) is 25.7. The van der Waals surface area contributed by atoms with E-state index in [2.05, 4.69) is 10.1 Å². The Kier molecular flexibility index (Phi) is 6.69. The molecule has 0 aliphatic carbocycles. The first kappa shape index (κ1) is 19.9. The number of halogens is 2. The van der Waals surface area contributed by atoms with Gasteiger partial charge in [-0.2, -0.15) is 8.78 Å². The van der Waals surface area contributed by atoms with E-state index in [0.29, 0.717) is 6.54 Å². The Labute approximate surface area is 141 Å². The molecule has 1 aromatic carbocycles. The van der Waals surface area contributed by atoms with E-state index in [1.54, 1.807) is 46.9 Å². The van der Waals surface area contributed by atoms with Gasteiger partial charge in [0.2, 0.25) is 11.8 Å². The van der Waals surface area contributed by atoms with Crippen molar-refractivity contribution in [3.05, 3.63) is 29.8 Å². The van der Waals surface area contributed by atoms with Crippen molar-refractivity contribution in [2.45, 2.75) is 46.9 Å². The molecule has 0 aromatic heterocycles. The SMILES string of the molecule is C[C@H](NC(=O)C(C)(C)C)C(=O)N(C)Cc1ccc(OC(F)F)cc1. The molecule has 0 bridgehead atoms. The molecular weight excluding hydrogens is 318 g/mol. The van der Waals surface area contributed by atoms with E-state index in [-0.39, 0.29) is 17.6 Å². The normalized spacial score (nSPS) is 12.7. The predicted molar refractivity (Wildman–Crippen MR) is 86.6 cm³/mol. The summed E-state index contributed by atoms with van der Waals surface area (Å²) in [5.74, 6) is -0.376. The number of carbonyl (C=O) groups excluding carboxylic acids is 2. The number of nitrogens with one attached hydrogen (secondary N) is 1. The molecule has 1 N–H and O–H groups in total. The number of hydrogen-bond acceptors (Lipinski definition) is 3. The highest BCUT2D eigenvalue weighted by molar-refractivity contribution is 5.89. The summed E-state index contributed by atoms with van der Waals surface area (Å²) >= 11 is 0. The molecule has 2 amide bonds. The number of ether oxygens (including phenoxy) is 1. The number of amides is 2.